The molecule has 0 unspecified atom stereocenters. The van der Waals surface area contributed by atoms with Crippen LogP contribution in [0.15, 0.2) is 29.1 Å². The fourth-order valence-corrected chi connectivity index (χ4v) is 3.82. The molecule has 31 heavy (non-hydrogen) atoms. The fourth-order valence-electron chi connectivity index (χ4n) is 3.82. The summed E-state index contributed by atoms with van der Waals surface area (Å²) >= 11 is 0. The lowest BCUT2D eigenvalue weighted by atomic mass is 10.0. The Kier molecular flexibility index (Phi) is 5.79. The van der Waals surface area contributed by atoms with E-state index in [1.807, 2.05) is 6.07 Å². The smallest absolute Gasteiger partial charge is 0.203 e. The van der Waals surface area contributed by atoms with Crippen molar-refractivity contribution in [1.82, 2.24) is 14.9 Å². The molecule has 0 radical (unpaired) electrons. The summed E-state index contributed by atoms with van der Waals surface area (Å²) in [6.45, 7) is 0.800. The zero-order chi connectivity index (χ0) is 22.1. The van der Waals surface area contributed by atoms with E-state index >= 15 is 0 Å². The predicted molar refractivity (Wildman–Crippen MR) is 118 cm³/mol. The van der Waals surface area contributed by atoms with Gasteiger partial charge in [-0.2, -0.15) is 5.10 Å². The molecule has 0 atom stereocenters. The quantitative estimate of drug-likeness (QED) is 0.111. The van der Waals surface area contributed by atoms with E-state index in [9.17, 15) is 25.2 Å². The van der Waals surface area contributed by atoms with Crippen molar-refractivity contribution in [2.24, 2.45) is 5.73 Å². The first-order valence-electron chi connectivity index (χ1n) is 10.1. The van der Waals surface area contributed by atoms with Crippen molar-refractivity contribution in [3.63, 3.8) is 0 Å². The Morgan fingerprint density at radius 3 is 2.48 bits per heavy atom. The molecule has 8 N–H and O–H groups in total. The largest absolute Gasteiger partial charge is 0.507 e. The molecule has 0 aliphatic carbocycles. The number of rotatable bonds is 9. The number of nitrogens with one attached hydrogen (secondary N) is 2. The first kappa shape index (κ1) is 21.1. The van der Waals surface area contributed by atoms with Gasteiger partial charge in [-0.1, -0.05) is 0 Å². The normalized spacial score (nSPS) is 12.0. The van der Waals surface area contributed by atoms with Crippen molar-refractivity contribution >= 4 is 32.9 Å². The highest BCUT2D eigenvalue weighted by molar-refractivity contribution is 6.10. The first-order valence-corrected chi connectivity index (χ1v) is 10.1. The lowest BCUT2D eigenvalue weighted by molar-refractivity contribution is 0.170. The van der Waals surface area contributed by atoms with E-state index in [1.54, 1.807) is 6.07 Å². The minimum absolute atomic E-state index is 0.0203. The lowest BCUT2D eigenvalue weighted by Gasteiger charge is -2.12. The number of hydrogen-bond donors (Lipinski definition) is 7. The summed E-state index contributed by atoms with van der Waals surface area (Å²) in [7, 11) is 0. The summed E-state index contributed by atoms with van der Waals surface area (Å²) in [5, 5.41) is 51.4. The van der Waals surface area contributed by atoms with Crippen LogP contribution in [-0.2, 0) is 6.54 Å². The Labute approximate surface area is 176 Å². The van der Waals surface area contributed by atoms with Crippen LogP contribution >= 0.6 is 0 Å². The third-order valence-electron chi connectivity index (χ3n) is 5.42. The molecule has 4 rings (SSSR count). The van der Waals surface area contributed by atoms with Crippen LogP contribution in [-0.4, -0.2) is 62.4 Å². The first-order chi connectivity index (χ1) is 15.0. The second-order valence-electron chi connectivity index (χ2n) is 7.41. The number of benzene rings is 2. The number of anilines is 1. The van der Waals surface area contributed by atoms with Crippen LogP contribution < -0.4 is 21.8 Å². The van der Waals surface area contributed by atoms with Crippen LogP contribution in [0.25, 0.3) is 27.2 Å². The highest BCUT2D eigenvalue weighted by Gasteiger charge is 2.23. The van der Waals surface area contributed by atoms with E-state index in [-0.39, 0.29) is 42.2 Å². The Morgan fingerprint density at radius 1 is 1.03 bits per heavy atom. The van der Waals surface area contributed by atoms with Crippen LogP contribution in [0.4, 0.5) is 5.69 Å². The number of aliphatic hydroxyl groups excluding tert-OH is 2. The van der Waals surface area contributed by atoms with Crippen LogP contribution in [0.2, 0.25) is 0 Å². The van der Waals surface area contributed by atoms with Crippen LogP contribution in [0.5, 0.6) is 11.5 Å². The molecule has 2 aromatic carbocycles. The standard InChI is InChI=1S/C21H25N5O5/c22-6-1-7-23-13-3-2-12-14(8-24-11(9-27)10-28)25-26-19(12)17(13)21(31)18-15(29)4-5-16(30)20(18)26/h2-5,11,23-24,27-30H,1,6-10,22H2. The minimum atomic E-state index is -0.520. The van der Waals surface area contributed by atoms with Gasteiger partial charge in [0.15, 0.2) is 0 Å². The summed E-state index contributed by atoms with van der Waals surface area (Å²) in [5.74, 6) is -0.426. The number of pyridine rings is 1. The van der Waals surface area contributed by atoms with Gasteiger partial charge in [0, 0.05) is 24.2 Å². The second-order valence-corrected chi connectivity index (χ2v) is 7.41. The molecule has 0 aliphatic rings. The fraction of sp³-hybridized carbons (Fsp3) is 0.333. The number of aromatic nitrogens is 2. The van der Waals surface area contributed by atoms with Gasteiger partial charge in [0.1, 0.15) is 17.0 Å². The molecule has 0 spiro atoms. The predicted octanol–water partition coefficient (Wildman–Crippen LogP) is 0.0534. The third-order valence-corrected chi connectivity index (χ3v) is 5.42. The molecular formula is C21H25N5O5. The minimum Gasteiger partial charge on any atom is -0.507 e. The van der Waals surface area contributed by atoms with E-state index in [1.165, 1.54) is 16.6 Å². The molecule has 2 heterocycles. The monoisotopic (exact) mass is 427 g/mol. The highest BCUT2D eigenvalue weighted by Crippen LogP contribution is 2.36. The van der Waals surface area contributed by atoms with Crippen LogP contribution in [0.1, 0.15) is 12.1 Å². The van der Waals surface area contributed by atoms with Gasteiger partial charge in [0.2, 0.25) is 5.43 Å². The maximum Gasteiger partial charge on any atom is 0.203 e. The number of fused-ring (bicyclic) bond motifs is 2. The maximum atomic E-state index is 13.4. The molecule has 164 valence electrons. The molecule has 0 saturated heterocycles. The lowest BCUT2D eigenvalue weighted by Crippen LogP contribution is -2.35. The SMILES string of the molecule is NCCCNc1ccc2c(CNC(CO)CO)nn3c4c(O)ccc(O)c4c(=O)c1c23. The van der Waals surface area contributed by atoms with Gasteiger partial charge in [-0.25, -0.2) is 4.52 Å². The van der Waals surface area contributed by atoms with Crippen molar-refractivity contribution < 1.29 is 20.4 Å². The summed E-state index contributed by atoms with van der Waals surface area (Å²) in [6, 6.07) is 5.68. The second kappa shape index (κ2) is 8.52. The summed E-state index contributed by atoms with van der Waals surface area (Å²) in [6.07, 6.45) is 0.715. The molecule has 0 bridgehead atoms. The zero-order valence-electron chi connectivity index (χ0n) is 16.8. The average molecular weight is 427 g/mol. The van der Waals surface area contributed by atoms with Gasteiger partial charge in [-0.05, 0) is 37.2 Å². The molecular weight excluding hydrogens is 402 g/mol. The molecule has 0 saturated carbocycles. The van der Waals surface area contributed by atoms with E-state index < -0.39 is 11.5 Å². The van der Waals surface area contributed by atoms with Gasteiger partial charge in [-0.15, -0.1) is 0 Å². The van der Waals surface area contributed by atoms with Crippen molar-refractivity contribution in [1.29, 1.82) is 0 Å². The van der Waals surface area contributed by atoms with Gasteiger partial charge >= 0.3 is 0 Å². The molecule has 0 fully saturated rings. The molecule has 10 heteroatoms. The average Bonchev–Trinajstić information content (AvgIpc) is 3.13. The molecule has 0 aliphatic heterocycles. The molecule has 0 amide bonds. The number of nitrogens with zero attached hydrogens (tertiary/aromatic N) is 2. The van der Waals surface area contributed by atoms with Gasteiger partial charge in [-0.3, -0.25) is 4.79 Å². The Bertz CT molecular complexity index is 1280. The summed E-state index contributed by atoms with van der Waals surface area (Å²) in [4.78, 5) is 13.4. The summed E-state index contributed by atoms with van der Waals surface area (Å²) in [5.41, 5.74) is 6.95. The topological polar surface area (TPSA) is 165 Å². The number of phenolic OH excluding ortho intramolecular Hbond substituents is 2. The van der Waals surface area contributed by atoms with Gasteiger partial charge in [0.25, 0.3) is 0 Å². The maximum absolute atomic E-state index is 13.4. The van der Waals surface area contributed by atoms with Crippen molar-refractivity contribution in [3.05, 3.63) is 40.2 Å². The number of aromatic hydroxyl groups is 2. The van der Waals surface area contributed by atoms with E-state index in [0.29, 0.717) is 47.2 Å². The number of aliphatic hydroxyl groups is 2. The molecule has 2 aromatic heterocycles. The Hall–Kier alpha value is -3.18. The molecule has 10 nitrogen and oxygen atoms in total. The third kappa shape index (κ3) is 3.49. The number of hydrogen-bond acceptors (Lipinski definition) is 9. The van der Waals surface area contributed by atoms with E-state index in [0.717, 1.165) is 0 Å². The van der Waals surface area contributed by atoms with Crippen molar-refractivity contribution in [2.45, 2.75) is 19.0 Å². The Morgan fingerprint density at radius 2 is 1.77 bits per heavy atom. The van der Waals surface area contributed by atoms with Crippen molar-refractivity contribution in [3.8, 4) is 11.5 Å². The highest BCUT2D eigenvalue weighted by atomic mass is 16.3. The van der Waals surface area contributed by atoms with Gasteiger partial charge < -0.3 is 36.8 Å². The summed E-state index contributed by atoms with van der Waals surface area (Å²) < 4.78 is 1.47. The van der Waals surface area contributed by atoms with Crippen LogP contribution in [0.3, 0.4) is 0 Å². The Balaban J connectivity index is 2.01. The van der Waals surface area contributed by atoms with Crippen LogP contribution in [0, 0.1) is 0 Å². The number of nitrogens with two attached hydrogens (primary N) is 1. The zero-order valence-corrected chi connectivity index (χ0v) is 16.8. The van der Waals surface area contributed by atoms with E-state index in [4.69, 9.17) is 5.73 Å². The van der Waals surface area contributed by atoms with Gasteiger partial charge in [0.05, 0.1) is 41.2 Å². The molecule has 4 aromatic rings. The number of phenols is 2. The van der Waals surface area contributed by atoms with E-state index in [2.05, 4.69) is 15.7 Å². The van der Waals surface area contributed by atoms with Crippen molar-refractivity contribution in [2.75, 3.05) is 31.6 Å².